The van der Waals surface area contributed by atoms with Gasteiger partial charge in [0.15, 0.2) is 0 Å². The maximum atomic E-state index is 13.5. The third-order valence-electron chi connectivity index (χ3n) is 4.08. The SMILES string of the molecule is CN1CCC(C)(CNS(=O)(=O)c2ccc(Br)c(F)c2)CC1. The van der Waals surface area contributed by atoms with Gasteiger partial charge in [-0.05, 0) is 72.5 Å². The second-order valence-electron chi connectivity index (χ2n) is 6.01. The van der Waals surface area contributed by atoms with Gasteiger partial charge in [0.25, 0.3) is 0 Å². The van der Waals surface area contributed by atoms with Crippen molar-refractivity contribution in [2.24, 2.45) is 5.41 Å². The largest absolute Gasteiger partial charge is 0.306 e. The van der Waals surface area contributed by atoms with E-state index in [9.17, 15) is 12.8 Å². The van der Waals surface area contributed by atoms with Gasteiger partial charge in [-0.25, -0.2) is 17.5 Å². The molecule has 0 aliphatic carbocycles. The van der Waals surface area contributed by atoms with E-state index in [1.54, 1.807) is 0 Å². The smallest absolute Gasteiger partial charge is 0.240 e. The van der Waals surface area contributed by atoms with Gasteiger partial charge in [-0.15, -0.1) is 0 Å². The van der Waals surface area contributed by atoms with Crippen LogP contribution in [0.2, 0.25) is 0 Å². The molecule has 0 saturated carbocycles. The molecule has 0 aromatic heterocycles. The fraction of sp³-hybridized carbons (Fsp3) is 0.571. The Kier molecular flexibility index (Phi) is 5.07. The standard InChI is InChI=1S/C14H20BrFN2O2S/c1-14(5-7-18(2)8-6-14)10-17-21(19,20)11-3-4-12(15)13(16)9-11/h3-4,9,17H,5-8,10H2,1-2H3. The van der Waals surface area contributed by atoms with E-state index in [-0.39, 0.29) is 14.8 Å². The summed E-state index contributed by atoms with van der Waals surface area (Å²) in [4.78, 5) is 2.19. The second kappa shape index (κ2) is 6.32. The van der Waals surface area contributed by atoms with Gasteiger partial charge >= 0.3 is 0 Å². The van der Waals surface area contributed by atoms with Gasteiger partial charge in [-0.2, -0.15) is 0 Å². The van der Waals surface area contributed by atoms with E-state index in [4.69, 9.17) is 0 Å². The van der Waals surface area contributed by atoms with Gasteiger partial charge < -0.3 is 4.90 Å². The first kappa shape index (κ1) is 16.9. The topological polar surface area (TPSA) is 49.4 Å². The molecular weight excluding hydrogens is 359 g/mol. The minimum Gasteiger partial charge on any atom is -0.306 e. The minimum atomic E-state index is -3.68. The number of nitrogens with one attached hydrogen (secondary N) is 1. The van der Waals surface area contributed by atoms with Gasteiger partial charge in [-0.1, -0.05) is 6.92 Å². The lowest BCUT2D eigenvalue weighted by molar-refractivity contribution is 0.143. The van der Waals surface area contributed by atoms with Crippen LogP contribution in [-0.4, -0.2) is 40.0 Å². The Hall–Kier alpha value is -0.500. The first-order valence-corrected chi connectivity index (χ1v) is 9.13. The van der Waals surface area contributed by atoms with Crippen LogP contribution in [0.3, 0.4) is 0 Å². The molecule has 1 heterocycles. The van der Waals surface area contributed by atoms with Gasteiger partial charge in [0.05, 0.1) is 9.37 Å². The molecule has 0 spiro atoms. The van der Waals surface area contributed by atoms with E-state index in [0.29, 0.717) is 6.54 Å². The molecule has 7 heteroatoms. The number of hydrogen-bond acceptors (Lipinski definition) is 3. The first-order valence-electron chi connectivity index (χ1n) is 6.85. The van der Waals surface area contributed by atoms with Crippen LogP contribution in [0.4, 0.5) is 4.39 Å². The summed E-state index contributed by atoms with van der Waals surface area (Å²) in [5.41, 5.74) is -0.0481. The van der Waals surface area contributed by atoms with Crippen LogP contribution in [0.25, 0.3) is 0 Å². The average molecular weight is 379 g/mol. The molecule has 1 aromatic carbocycles. The van der Waals surface area contributed by atoms with Gasteiger partial charge in [-0.3, -0.25) is 0 Å². The highest BCUT2D eigenvalue weighted by atomic mass is 79.9. The van der Waals surface area contributed by atoms with Crippen molar-refractivity contribution in [3.8, 4) is 0 Å². The maximum absolute atomic E-state index is 13.5. The molecule has 1 aliphatic rings. The molecule has 21 heavy (non-hydrogen) atoms. The van der Waals surface area contributed by atoms with Gasteiger partial charge in [0.2, 0.25) is 10.0 Å². The van der Waals surface area contributed by atoms with Crippen molar-refractivity contribution in [3.63, 3.8) is 0 Å². The van der Waals surface area contributed by atoms with E-state index in [1.165, 1.54) is 12.1 Å². The molecule has 1 saturated heterocycles. The normalized spacial score (nSPS) is 19.6. The minimum absolute atomic E-state index is 0.0419. The number of rotatable bonds is 4. The molecule has 0 unspecified atom stereocenters. The Morgan fingerprint density at radius 1 is 1.38 bits per heavy atom. The highest BCUT2D eigenvalue weighted by Crippen LogP contribution is 2.30. The lowest BCUT2D eigenvalue weighted by Gasteiger charge is -2.37. The molecule has 4 nitrogen and oxygen atoms in total. The molecule has 2 rings (SSSR count). The fourth-order valence-corrected chi connectivity index (χ4v) is 3.79. The third kappa shape index (κ3) is 4.25. The van der Waals surface area contributed by atoms with Crippen molar-refractivity contribution in [3.05, 3.63) is 28.5 Å². The third-order valence-corrected chi connectivity index (χ3v) is 6.13. The Morgan fingerprint density at radius 3 is 2.57 bits per heavy atom. The quantitative estimate of drug-likeness (QED) is 0.875. The molecule has 0 amide bonds. The van der Waals surface area contributed by atoms with E-state index < -0.39 is 15.8 Å². The number of likely N-dealkylation sites (tertiary alicyclic amines) is 1. The monoisotopic (exact) mass is 378 g/mol. The van der Waals surface area contributed by atoms with E-state index >= 15 is 0 Å². The molecule has 1 aliphatic heterocycles. The zero-order valence-electron chi connectivity index (χ0n) is 12.2. The number of benzene rings is 1. The Bertz CT molecular complexity index is 613. The number of halogens is 2. The van der Waals surface area contributed by atoms with Crippen LogP contribution >= 0.6 is 15.9 Å². The van der Waals surface area contributed by atoms with Crippen LogP contribution in [0.1, 0.15) is 19.8 Å². The summed E-state index contributed by atoms with van der Waals surface area (Å²) >= 11 is 3.02. The summed E-state index contributed by atoms with van der Waals surface area (Å²) in [5, 5.41) is 0. The first-order chi connectivity index (χ1) is 9.72. The summed E-state index contributed by atoms with van der Waals surface area (Å²) in [6, 6.07) is 3.83. The van der Waals surface area contributed by atoms with Crippen LogP contribution in [-0.2, 0) is 10.0 Å². The van der Waals surface area contributed by atoms with Crippen molar-refractivity contribution in [1.29, 1.82) is 0 Å². The van der Waals surface area contributed by atoms with E-state index in [0.717, 1.165) is 32.0 Å². The predicted molar refractivity (Wildman–Crippen MR) is 84.1 cm³/mol. The summed E-state index contributed by atoms with van der Waals surface area (Å²) in [6.07, 6.45) is 1.89. The highest BCUT2D eigenvalue weighted by molar-refractivity contribution is 9.10. The lowest BCUT2D eigenvalue weighted by atomic mass is 9.81. The second-order valence-corrected chi connectivity index (χ2v) is 8.64. The Balaban J connectivity index is 2.06. The van der Waals surface area contributed by atoms with E-state index in [2.05, 4.69) is 39.5 Å². The number of hydrogen-bond donors (Lipinski definition) is 1. The molecule has 1 N–H and O–H groups in total. The van der Waals surface area contributed by atoms with Crippen LogP contribution in [0.5, 0.6) is 0 Å². The molecule has 0 bridgehead atoms. The molecule has 0 radical (unpaired) electrons. The summed E-state index contributed by atoms with van der Waals surface area (Å²) < 4.78 is 40.8. The zero-order valence-corrected chi connectivity index (χ0v) is 14.6. The Morgan fingerprint density at radius 2 is 2.00 bits per heavy atom. The number of sulfonamides is 1. The lowest BCUT2D eigenvalue weighted by Crippen LogP contribution is -2.43. The maximum Gasteiger partial charge on any atom is 0.240 e. The van der Waals surface area contributed by atoms with Gasteiger partial charge in [0.1, 0.15) is 5.82 Å². The van der Waals surface area contributed by atoms with Crippen molar-refractivity contribution in [2.45, 2.75) is 24.7 Å². The fourth-order valence-electron chi connectivity index (χ4n) is 2.33. The molecule has 0 atom stereocenters. The van der Waals surface area contributed by atoms with Crippen LogP contribution in [0, 0.1) is 11.2 Å². The van der Waals surface area contributed by atoms with Crippen LogP contribution < -0.4 is 4.72 Å². The zero-order chi connectivity index (χ0) is 15.7. The van der Waals surface area contributed by atoms with Crippen molar-refractivity contribution >= 4 is 26.0 Å². The average Bonchev–Trinajstić information content (AvgIpc) is 2.43. The van der Waals surface area contributed by atoms with Gasteiger partial charge in [0, 0.05) is 6.54 Å². The van der Waals surface area contributed by atoms with E-state index in [1.807, 2.05) is 0 Å². The molecular formula is C14H20BrFN2O2S. The summed E-state index contributed by atoms with van der Waals surface area (Å²) in [7, 11) is -1.61. The van der Waals surface area contributed by atoms with Crippen molar-refractivity contribution < 1.29 is 12.8 Å². The summed E-state index contributed by atoms with van der Waals surface area (Å²) in [6.45, 7) is 4.39. The number of nitrogens with zero attached hydrogens (tertiary/aromatic N) is 1. The predicted octanol–water partition coefficient (Wildman–Crippen LogP) is 2.60. The van der Waals surface area contributed by atoms with Crippen LogP contribution in [0.15, 0.2) is 27.6 Å². The molecule has 118 valence electrons. The molecule has 1 fully saturated rings. The summed E-state index contributed by atoms with van der Waals surface area (Å²) in [5.74, 6) is -0.580. The molecule has 1 aromatic rings. The van der Waals surface area contributed by atoms with Crippen molar-refractivity contribution in [2.75, 3.05) is 26.7 Å². The Labute approximate surface area is 133 Å². The number of piperidine rings is 1. The highest BCUT2D eigenvalue weighted by Gasteiger charge is 2.30. The van der Waals surface area contributed by atoms with Crippen molar-refractivity contribution in [1.82, 2.24) is 9.62 Å².